The second kappa shape index (κ2) is 4.92. The summed E-state index contributed by atoms with van der Waals surface area (Å²) < 4.78 is 16.8. The second-order valence-corrected chi connectivity index (χ2v) is 5.46. The molecule has 1 N–H and O–H groups in total. The zero-order chi connectivity index (χ0) is 11.5. The molecular formula is C9H16N4O2S. The minimum absolute atomic E-state index is 0.0557. The Hall–Kier alpha value is -0.950. The first kappa shape index (κ1) is 11.5. The molecule has 0 aromatic carbocycles. The van der Waals surface area contributed by atoms with Crippen LogP contribution in [0.4, 0.5) is 6.01 Å². The van der Waals surface area contributed by atoms with Gasteiger partial charge in [0.25, 0.3) is 0 Å². The van der Waals surface area contributed by atoms with Crippen molar-refractivity contribution >= 4 is 16.8 Å². The summed E-state index contributed by atoms with van der Waals surface area (Å²) in [6.07, 6.45) is 0. The highest BCUT2D eigenvalue weighted by Gasteiger charge is 2.21. The lowest BCUT2D eigenvalue weighted by molar-refractivity contribution is 0.430. The van der Waals surface area contributed by atoms with E-state index in [9.17, 15) is 4.21 Å². The molecule has 90 valence electrons. The summed E-state index contributed by atoms with van der Waals surface area (Å²) in [5.74, 6) is 1.95. The maximum Gasteiger partial charge on any atom is 0.318 e. The summed E-state index contributed by atoms with van der Waals surface area (Å²) in [7, 11) is 1.16. The van der Waals surface area contributed by atoms with E-state index in [4.69, 9.17) is 4.42 Å². The molecule has 0 saturated carbocycles. The summed E-state index contributed by atoms with van der Waals surface area (Å²) in [5.41, 5.74) is 0. The van der Waals surface area contributed by atoms with E-state index in [0.717, 1.165) is 13.1 Å². The molecule has 1 atom stereocenters. The molecule has 1 aliphatic rings. The van der Waals surface area contributed by atoms with E-state index in [0.29, 0.717) is 23.4 Å². The Bertz CT molecular complexity index is 371. The molecular weight excluding hydrogens is 228 g/mol. The summed E-state index contributed by atoms with van der Waals surface area (Å²) in [6.45, 7) is 3.41. The molecule has 0 amide bonds. The van der Waals surface area contributed by atoms with Crippen LogP contribution in [0.2, 0.25) is 0 Å². The average molecular weight is 244 g/mol. The highest BCUT2D eigenvalue weighted by molar-refractivity contribution is 7.85. The third-order valence-electron chi connectivity index (χ3n) is 2.68. The molecule has 0 radical (unpaired) electrons. The van der Waals surface area contributed by atoms with Crippen LogP contribution in [0.25, 0.3) is 0 Å². The van der Waals surface area contributed by atoms with Gasteiger partial charge in [-0.3, -0.25) is 4.21 Å². The van der Waals surface area contributed by atoms with Crippen LogP contribution >= 0.6 is 0 Å². The van der Waals surface area contributed by atoms with Crippen molar-refractivity contribution in [1.29, 1.82) is 0 Å². The second-order valence-electron chi connectivity index (χ2n) is 3.77. The van der Waals surface area contributed by atoms with Crippen molar-refractivity contribution in [3.05, 3.63) is 5.89 Å². The molecule has 1 fully saturated rings. The molecule has 0 aliphatic carbocycles. The number of aromatic nitrogens is 2. The van der Waals surface area contributed by atoms with Crippen molar-refractivity contribution in [2.45, 2.75) is 13.0 Å². The van der Waals surface area contributed by atoms with Crippen LogP contribution in [0, 0.1) is 0 Å². The van der Waals surface area contributed by atoms with E-state index in [1.54, 1.807) is 0 Å². The quantitative estimate of drug-likeness (QED) is 0.802. The standard InChI is InChI=1S/C9H16N4O2S/c1-7(10-2)8-11-12-9(15-8)13-3-5-16(14)6-4-13/h7,10H,3-6H2,1-2H3. The SMILES string of the molecule is CNC(C)c1nnc(N2CCS(=O)CC2)o1. The Morgan fingerprint density at radius 3 is 2.75 bits per heavy atom. The number of hydrogen-bond donors (Lipinski definition) is 1. The third-order valence-corrected chi connectivity index (χ3v) is 3.96. The molecule has 1 aromatic heterocycles. The van der Waals surface area contributed by atoms with Gasteiger partial charge in [-0.25, -0.2) is 0 Å². The fourth-order valence-corrected chi connectivity index (χ4v) is 2.53. The Labute approximate surface area is 96.9 Å². The van der Waals surface area contributed by atoms with E-state index >= 15 is 0 Å². The van der Waals surface area contributed by atoms with Gasteiger partial charge in [0.2, 0.25) is 5.89 Å². The molecule has 1 saturated heterocycles. The van der Waals surface area contributed by atoms with Gasteiger partial charge in [0, 0.05) is 35.4 Å². The first-order chi connectivity index (χ1) is 7.70. The maximum atomic E-state index is 11.2. The summed E-state index contributed by atoms with van der Waals surface area (Å²) in [6, 6.07) is 0.592. The van der Waals surface area contributed by atoms with Crippen molar-refractivity contribution in [1.82, 2.24) is 15.5 Å². The van der Waals surface area contributed by atoms with Gasteiger partial charge in [0.05, 0.1) is 6.04 Å². The minimum Gasteiger partial charge on any atom is -0.406 e. The van der Waals surface area contributed by atoms with E-state index in [1.807, 2.05) is 18.9 Å². The van der Waals surface area contributed by atoms with Crippen LogP contribution in [-0.2, 0) is 10.8 Å². The number of nitrogens with one attached hydrogen (secondary N) is 1. The lowest BCUT2D eigenvalue weighted by Crippen LogP contribution is -2.37. The smallest absolute Gasteiger partial charge is 0.318 e. The number of rotatable bonds is 3. The molecule has 0 bridgehead atoms. The van der Waals surface area contributed by atoms with Crippen molar-refractivity contribution in [3.8, 4) is 0 Å². The highest BCUT2D eigenvalue weighted by atomic mass is 32.2. The van der Waals surface area contributed by atoms with Crippen molar-refractivity contribution < 1.29 is 8.63 Å². The van der Waals surface area contributed by atoms with Gasteiger partial charge in [-0.1, -0.05) is 5.10 Å². The topological polar surface area (TPSA) is 71.3 Å². The Kier molecular flexibility index (Phi) is 3.55. The third kappa shape index (κ3) is 2.41. The van der Waals surface area contributed by atoms with Crippen LogP contribution in [-0.4, -0.2) is 46.0 Å². The lowest BCUT2D eigenvalue weighted by atomic mass is 10.3. The first-order valence-corrected chi connectivity index (χ1v) is 6.80. The van der Waals surface area contributed by atoms with E-state index in [2.05, 4.69) is 15.5 Å². The summed E-state index contributed by atoms with van der Waals surface area (Å²) >= 11 is 0. The Morgan fingerprint density at radius 1 is 1.44 bits per heavy atom. The van der Waals surface area contributed by atoms with Gasteiger partial charge in [0.1, 0.15) is 0 Å². The molecule has 16 heavy (non-hydrogen) atoms. The average Bonchev–Trinajstić information content (AvgIpc) is 2.78. The first-order valence-electron chi connectivity index (χ1n) is 5.31. The predicted octanol–water partition coefficient (Wildman–Crippen LogP) is -0.0813. The molecule has 1 unspecified atom stereocenters. The van der Waals surface area contributed by atoms with Gasteiger partial charge in [-0.15, -0.1) is 5.10 Å². The van der Waals surface area contributed by atoms with Crippen molar-refractivity contribution in [2.75, 3.05) is 36.5 Å². The van der Waals surface area contributed by atoms with E-state index < -0.39 is 10.8 Å². The monoisotopic (exact) mass is 244 g/mol. The fourth-order valence-electron chi connectivity index (χ4n) is 1.48. The zero-order valence-electron chi connectivity index (χ0n) is 9.47. The number of nitrogens with zero attached hydrogens (tertiary/aromatic N) is 3. The molecule has 0 spiro atoms. The van der Waals surface area contributed by atoms with Crippen LogP contribution in [0.5, 0.6) is 0 Å². The van der Waals surface area contributed by atoms with E-state index in [-0.39, 0.29) is 6.04 Å². The van der Waals surface area contributed by atoms with Crippen LogP contribution in [0.1, 0.15) is 18.9 Å². The Balaban J connectivity index is 2.04. The van der Waals surface area contributed by atoms with Crippen LogP contribution in [0.3, 0.4) is 0 Å². The fraction of sp³-hybridized carbons (Fsp3) is 0.778. The van der Waals surface area contributed by atoms with Gasteiger partial charge >= 0.3 is 6.01 Å². The van der Waals surface area contributed by atoms with Gasteiger partial charge < -0.3 is 14.6 Å². The van der Waals surface area contributed by atoms with Gasteiger partial charge in [0.15, 0.2) is 0 Å². The Morgan fingerprint density at radius 2 is 2.12 bits per heavy atom. The van der Waals surface area contributed by atoms with Crippen molar-refractivity contribution in [3.63, 3.8) is 0 Å². The normalized spacial score (nSPS) is 20.0. The number of anilines is 1. The molecule has 6 nitrogen and oxygen atoms in total. The summed E-state index contributed by atoms with van der Waals surface area (Å²) in [4.78, 5) is 1.99. The molecule has 1 aliphatic heterocycles. The molecule has 7 heteroatoms. The number of hydrogen-bond acceptors (Lipinski definition) is 6. The van der Waals surface area contributed by atoms with Crippen LogP contribution < -0.4 is 10.2 Å². The maximum absolute atomic E-state index is 11.2. The minimum atomic E-state index is -0.682. The van der Waals surface area contributed by atoms with E-state index in [1.165, 1.54) is 0 Å². The summed E-state index contributed by atoms with van der Waals surface area (Å²) in [5, 5.41) is 11.0. The molecule has 2 rings (SSSR count). The predicted molar refractivity (Wildman–Crippen MR) is 61.9 cm³/mol. The lowest BCUT2D eigenvalue weighted by Gasteiger charge is -2.23. The largest absolute Gasteiger partial charge is 0.406 e. The highest BCUT2D eigenvalue weighted by Crippen LogP contribution is 2.18. The van der Waals surface area contributed by atoms with Crippen molar-refractivity contribution in [2.24, 2.45) is 0 Å². The van der Waals surface area contributed by atoms with Gasteiger partial charge in [-0.05, 0) is 14.0 Å². The van der Waals surface area contributed by atoms with Gasteiger partial charge in [-0.2, -0.15) is 0 Å². The molecule has 1 aromatic rings. The van der Waals surface area contributed by atoms with Crippen LogP contribution in [0.15, 0.2) is 4.42 Å². The zero-order valence-corrected chi connectivity index (χ0v) is 10.3. The molecule has 2 heterocycles.